The highest BCUT2D eigenvalue weighted by molar-refractivity contribution is 5.53. The van der Waals surface area contributed by atoms with E-state index in [-0.39, 0.29) is 0 Å². The molecule has 0 radical (unpaired) electrons. The van der Waals surface area contributed by atoms with Crippen molar-refractivity contribution in [1.82, 2.24) is 0 Å². The van der Waals surface area contributed by atoms with Gasteiger partial charge in [0.15, 0.2) is 11.5 Å². The first kappa shape index (κ1) is 13.6. The van der Waals surface area contributed by atoms with Crippen molar-refractivity contribution < 1.29 is 14.3 Å². The quantitative estimate of drug-likeness (QED) is 0.712. The molecule has 0 unspecified atom stereocenters. The highest BCUT2D eigenvalue weighted by Crippen LogP contribution is 2.34. The van der Waals surface area contributed by atoms with Crippen LogP contribution in [0.4, 0.5) is 0 Å². The van der Waals surface area contributed by atoms with Crippen LogP contribution in [0, 0.1) is 0 Å². The minimum absolute atomic E-state index is 0.399. The third-order valence-corrected chi connectivity index (χ3v) is 2.80. The maximum Gasteiger partial charge on any atom is 0.161 e. The number of methoxy groups -OCH3 is 2. The summed E-state index contributed by atoms with van der Waals surface area (Å²) in [6.07, 6.45) is 2.23. The molecule has 3 nitrogen and oxygen atoms in total. The standard InChI is InChI=1S/C14H20O3/c1-10(2)12-9-14(17-4)13(16-3)8-11(12)6-5-7-15/h7-10H,5-6H2,1-4H3. The Balaban J connectivity index is 3.19. The Labute approximate surface area is 103 Å². The van der Waals surface area contributed by atoms with Gasteiger partial charge >= 0.3 is 0 Å². The molecule has 1 aromatic rings. The van der Waals surface area contributed by atoms with Crippen LogP contribution in [0.5, 0.6) is 11.5 Å². The van der Waals surface area contributed by atoms with Gasteiger partial charge in [0.25, 0.3) is 0 Å². The van der Waals surface area contributed by atoms with Gasteiger partial charge in [-0.3, -0.25) is 0 Å². The summed E-state index contributed by atoms with van der Waals surface area (Å²) in [7, 11) is 3.25. The van der Waals surface area contributed by atoms with Gasteiger partial charge in [0, 0.05) is 6.42 Å². The molecule has 0 saturated carbocycles. The lowest BCUT2D eigenvalue weighted by molar-refractivity contribution is -0.107. The summed E-state index contributed by atoms with van der Waals surface area (Å²) in [6, 6.07) is 3.97. The molecular weight excluding hydrogens is 216 g/mol. The summed E-state index contributed by atoms with van der Waals surface area (Å²) in [5.41, 5.74) is 2.37. The first-order chi connectivity index (χ1) is 8.13. The number of ether oxygens (including phenoxy) is 2. The van der Waals surface area contributed by atoms with E-state index >= 15 is 0 Å². The molecule has 0 amide bonds. The molecule has 0 saturated heterocycles. The molecular formula is C14H20O3. The van der Waals surface area contributed by atoms with Crippen molar-refractivity contribution in [1.29, 1.82) is 0 Å². The van der Waals surface area contributed by atoms with Crippen molar-refractivity contribution in [3.63, 3.8) is 0 Å². The van der Waals surface area contributed by atoms with Crippen LogP contribution in [-0.2, 0) is 11.2 Å². The van der Waals surface area contributed by atoms with Crippen LogP contribution in [0.15, 0.2) is 12.1 Å². The Morgan fingerprint density at radius 3 is 2.24 bits per heavy atom. The van der Waals surface area contributed by atoms with Crippen LogP contribution in [0.25, 0.3) is 0 Å². The summed E-state index contributed by atoms with van der Waals surface area (Å²) >= 11 is 0. The van der Waals surface area contributed by atoms with Crippen LogP contribution in [-0.4, -0.2) is 20.5 Å². The third-order valence-electron chi connectivity index (χ3n) is 2.80. The maximum atomic E-state index is 10.5. The minimum atomic E-state index is 0.399. The molecule has 17 heavy (non-hydrogen) atoms. The van der Waals surface area contributed by atoms with Crippen LogP contribution in [0.3, 0.4) is 0 Å². The molecule has 0 spiro atoms. The van der Waals surface area contributed by atoms with E-state index in [9.17, 15) is 4.79 Å². The van der Waals surface area contributed by atoms with E-state index in [1.807, 2.05) is 12.1 Å². The van der Waals surface area contributed by atoms with Gasteiger partial charge in [-0.15, -0.1) is 0 Å². The summed E-state index contributed by atoms with van der Waals surface area (Å²) < 4.78 is 10.6. The van der Waals surface area contributed by atoms with Crippen LogP contribution >= 0.6 is 0 Å². The highest BCUT2D eigenvalue weighted by Gasteiger charge is 2.13. The van der Waals surface area contributed by atoms with Crippen molar-refractivity contribution in [2.24, 2.45) is 0 Å². The molecule has 0 bridgehead atoms. The Kier molecular flexibility index (Phi) is 5.01. The van der Waals surface area contributed by atoms with E-state index in [1.165, 1.54) is 5.56 Å². The SMILES string of the molecule is COc1cc(CCC=O)c(C(C)C)cc1OC. The van der Waals surface area contributed by atoms with E-state index in [2.05, 4.69) is 13.8 Å². The van der Waals surface area contributed by atoms with Gasteiger partial charge in [-0.25, -0.2) is 0 Å². The molecule has 0 atom stereocenters. The second-order valence-electron chi connectivity index (χ2n) is 4.27. The molecule has 3 heteroatoms. The third kappa shape index (κ3) is 3.22. The minimum Gasteiger partial charge on any atom is -0.493 e. The molecule has 0 N–H and O–H groups in total. The molecule has 1 rings (SSSR count). The Morgan fingerprint density at radius 1 is 1.18 bits per heavy atom. The summed E-state index contributed by atoms with van der Waals surface area (Å²) in [6.45, 7) is 4.26. The van der Waals surface area contributed by atoms with Crippen molar-refractivity contribution >= 4 is 6.29 Å². The zero-order valence-electron chi connectivity index (χ0n) is 10.9. The number of aryl methyl sites for hydroxylation is 1. The summed E-state index contributed by atoms with van der Waals surface area (Å²) in [5, 5.41) is 0. The lowest BCUT2D eigenvalue weighted by atomic mass is 9.94. The normalized spacial score (nSPS) is 10.4. The number of hydrogen-bond donors (Lipinski definition) is 0. The maximum absolute atomic E-state index is 10.5. The lowest BCUT2D eigenvalue weighted by Crippen LogP contribution is -2.01. The van der Waals surface area contributed by atoms with Gasteiger partial charge in [-0.1, -0.05) is 13.8 Å². The van der Waals surface area contributed by atoms with Gasteiger partial charge in [-0.2, -0.15) is 0 Å². The highest BCUT2D eigenvalue weighted by atomic mass is 16.5. The zero-order chi connectivity index (χ0) is 12.8. The second kappa shape index (κ2) is 6.28. The van der Waals surface area contributed by atoms with Crippen LogP contribution < -0.4 is 9.47 Å². The number of hydrogen-bond acceptors (Lipinski definition) is 3. The largest absolute Gasteiger partial charge is 0.493 e. The number of carbonyl (C=O) groups is 1. The fourth-order valence-electron chi connectivity index (χ4n) is 1.91. The zero-order valence-corrected chi connectivity index (χ0v) is 10.9. The number of rotatable bonds is 6. The lowest BCUT2D eigenvalue weighted by Gasteiger charge is -2.16. The average molecular weight is 236 g/mol. The monoisotopic (exact) mass is 236 g/mol. The number of carbonyl (C=O) groups excluding carboxylic acids is 1. The molecule has 0 fully saturated rings. The van der Waals surface area contributed by atoms with Gasteiger partial charge < -0.3 is 14.3 Å². The average Bonchev–Trinajstić information content (AvgIpc) is 2.34. The molecule has 0 heterocycles. The number of aldehydes is 1. The predicted octanol–water partition coefficient (Wildman–Crippen LogP) is 2.96. The van der Waals surface area contributed by atoms with E-state index in [0.717, 1.165) is 29.8 Å². The first-order valence-corrected chi connectivity index (χ1v) is 5.82. The van der Waals surface area contributed by atoms with E-state index in [1.54, 1.807) is 14.2 Å². The van der Waals surface area contributed by atoms with E-state index < -0.39 is 0 Å². The van der Waals surface area contributed by atoms with Crippen LogP contribution in [0.1, 0.15) is 37.3 Å². The van der Waals surface area contributed by atoms with Crippen molar-refractivity contribution in [3.8, 4) is 11.5 Å². The molecule has 0 aromatic heterocycles. The van der Waals surface area contributed by atoms with Gasteiger partial charge in [0.2, 0.25) is 0 Å². The molecule has 0 aliphatic rings. The van der Waals surface area contributed by atoms with Crippen molar-refractivity contribution in [3.05, 3.63) is 23.3 Å². The fraction of sp³-hybridized carbons (Fsp3) is 0.500. The predicted molar refractivity (Wildman–Crippen MR) is 68.0 cm³/mol. The van der Waals surface area contributed by atoms with Crippen molar-refractivity contribution in [2.45, 2.75) is 32.6 Å². The Hall–Kier alpha value is -1.51. The Morgan fingerprint density at radius 2 is 1.76 bits per heavy atom. The molecule has 94 valence electrons. The topological polar surface area (TPSA) is 35.5 Å². The molecule has 0 aliphatic carbocycles. The van der Waals surface area contributed by atoms with Gasteiger partial charge in [0.05, 0.1) is 14.2 Å². The van der Waals surface area contributed by atoms with Gasteiger partial charge in [-0.05, 0) is 35.6 Å². The first-order valence-electron chi connectivity index (χ1n) is 5.82. The van der Waals surface area contributed by atoms with Crippen LogP contribution in [0.2, 0.25) is 0 Å². The Bertz CT molecular complexity index is 383. The summed E-state index contributed by atoms with van der Waals surface area (Å²) in [4.78, 5) is 10.5. The van der Waals surface area contributed by atoms with E-state index in [0.29, 0.717) is 12.3 Å². The smallest absolute Gasteiger partial charge is 0.161 e. The van der Waals surface area contributed by atoms with Crippen molar-refractivity contribution in [2.75, 3.05) is 14.2 Å². The van der Waals surface area contributed by atoms with Gasteiger partial charge in [0.1, 0.15) is 6.29 Å². The summed E-state index contributed by atoms with van der Waals surface area (Å²) in [5.74, 6) is 1.86. The number of benzene rings is 1. The molecule has 0 aliphatic heterocycles. The molecule has 1 aromatic carbocycles. The fourth-order valence-corrected chi connectivity index (χ4v) is 1.91. The second-order valence-corrected chi connectivity index (χ2v) is 4.27. The van der Waals surface area contributed by atoms with E-state index in [4.69, 9.17) is 9.47 Å².